The molecule has 0 spiro atoms. The van der Waals surface area contributed by atoms with Gasteiger partial charge < -0.3 is 14.8 Å². The van der Waals surface area contributed by atoms with E-state index >= 15 is 0 Å². The molecule has 0 bridgehead atoms. The Labute approximate surface area is 111 Å². The predicted molar refractivity (Wildman–Crippen MR) is 73.6 cm³/mol. The third-order valence-electron chi connectivity index (χ3n) is 2.74. The van der Waals surface area contributed by atoms with Crippen LogP contribution in [0.15, 0.2) is 0 Å². The average molecular weight is 259 g/mol. The van der Waals surface area contributed by atoms with Gasteiger partial charge in [-0.25, -0.2) is 0 Å². The molecule has 0 amide bonds. The number of hydrogen-bond acceptors (Lipinski definition) is 4. The molecule has 0 fully saturated rings. The monoisotopic (exact) mass is 259 g/mol. The lowest BCUT2D eigenvalue weighted by Crippen LogP contribution is -2.39. The Morgan fingerprint density at radius 1 is 1.28 bits per heavy atom. The van der Waals surface area contributed by atoms with Crippen LogP contribution in [-0.4, -0.2) is 38.4 Å². The van der Waals surface area contributed by atoms with Crippen molar-refractivity contribution in [2.24, 2.45) is 5.92 Å². The minimum atomic E-state index is -0.249. The van der Waals surface area contributed by atoms with Crippen molar-refractivity contribution in [1.29, 1.82) is 0 Å². The van der Waals surface area contributed by atoms with Crippen molar-refractivity contribution in [3.05, 3.63) is 0 Å². The molecule has 0 aromatic heterocycles. The van der Waals surface area contributed by atoms with Gasteiger partial charge in [0.25, 0.3) is 0 Å². The second-order valence-electron chi connectivity index (χ2n) is 5.13. The van der Waals surface area contributed by atoms with Gasteiger partial charge in [-0.15, -0.1) is 0 Å². The summed E-state index contributed by atoms with van der Waals surface area (Å²) < 4.78 is 10.5. The topological polar surface area (TPSA) is 47.6 Å². The highest BCUT2D eigenvalue weighted by Gasteiger charge is 2.18. The second-order valence-corrected chi connectivity index (χ2v) is 5.13. The third-order valence-corrected chi connectivity index (χ3v) is 2.74. The summed E-state index contributed by atoms with van der Waals surface area (Å²) in [5, 5.41) is 3.18. The summed E-state index contributed by atoms with van der Waals surface area (Å²) in [6.07, 6.45) is 2.95. The van der Waals surface area contributed by atoms with Crippen molar-refractivity contribution >= 4 is 5.97 Å². The first-order valence-corrected chi connectivity index (χ1v) is 6.94. The molecule has 4 nitrogen and oxygen atoms in total. The number of nitrogens with one attached hydrogen (secondary N) is 1. The van der Waals surface area contributed by atoms with Gasteiger partial charge >= 0.3 is 5.97 Å². The molecule has 0 radical (unpaired) electrons. The molecule has 4 heteroatoms. The largest absolute Gasteiger partial charge is 0.468 e. The van der Waals surface area contributed by atoms with E-state index in [9.17, 15) is 4.79 Å². The number of esters is 1. The zero-order chi connectivity index (χ0) is 14.0. The molecule has 2 unspecified atom stereocenters. The first-order chi connectivity index (χ1) is 8.51. The predicted octanol–water partition coefficient (Wildman–Crippen LogP) is 2.37. The van der Waals surface area contributed by atoms with Crippen molar-refractivity contribution in [1.82, 2.24) is 5.32 Å². The molecule has 0 aliphatic heterocycles. The zero-order valence-corrected chi connectivity index (χ0v) is 12.5. The summed E-state index contributed by atoms with van der Waals surface area (Å²) in [4.78, 5) is 11.5. The van der Waals surface area contributed by atoms with Crippen LogP contribution in [0.3, 0.4) is 0 Å². The smallest absolute Gasteiger partial charge is 0.322 e. The Morgan fingerprint density at radius 2 is 1.94 bits per heavy atom. The fourth-order valence-electron chi connectivity index (χ4n) is 1.88. The zero-order valence-electron chi connectivity index (χ0n) is 12.5. The average Bonchev–Trinajstić information content (AvgIpc) is 2.31. The van der Waals surface area contributed by atoms with Crippen molar-refractivity contribution in [2.75, 3.05) is 20.3 Å². The van der Waals surface area contributed by atoms with Crippen LogP contribution in [0.2, 0.25) is 0 Å². The van der Waals surface area contributed by atoms with E-state index < -0.39 is 0 Å². The molecule has 0 aromatic rings. The number of carbonyl (C=O) groups excluding carboxylic acids is 1. The fourth-order valence-corrected chi connectivity index (χ4v) is 1.88. The highest BCUT2D eigenvalue weighted by molar-refractivity contribution is 5.75. The Morgan fingerprint density at radius 3 is 2.44 bits per heavy atom. The lowest BCUT2D eigenvalue weighted by molar-refractivity contribution is -0.143. The molecule has 0 saturated carbocycles. The molecule has 18 heavy (non-hydrogen) atoms. The lowest BCUT2D eigenvalue weighted by Gasteiger charge is -2.19. The highest BCUT2D eigenvalue weighted by atomic mass is 16.5. The van der Waals surface area contributed by atoms with Gasteiger partial charge in [0.1, 0.15) is 6.04 Å². The minimum absolute atomic E-state index is 0.205. The molecule has 108 valence electrons. The van der Waals surface area contributed by atoms with Gasteiger partial charge in [0, 0.05) is 6.61 Å². The van der Waals surface area contributed by atoms with Gasteiger partial charge in [-0.2, -0.15) is 0 Å². The summed E-state index contributed by atoms with van der Waals surface area (Å²) in [5.74, 6) is 0.429. The molecule has 1 N–H and O–H groups in total. The Kier molecular flexibility index (Phi) is 9.98. The van der Waals surface area contributed by atoms with E-state index in [1.165, 1.54) is 7.11 Å². The maximum absolute atomic E-state index is 11.5. The summed E-state index contributed by atoms with van der Waals surface area (Å²) in [5.41, 5.74) is 0. The molecule has 0 aliphatic rings. The van der Waals surface area contributed by atoms with Crippen LogP contribution < -0.4 is 5.32 Å². The van der Waals surface area contributed by atoms with Crippen LogP contribution in [0.4, 0.5) is 0 Å². The maximum Gasteiger partial charge on any atom is 0.322 e. The summed E-state index contributed by atoms with van der Waals surface area (Å²) >= 11 is 0. The van der Waals surface area contributed by atoms with E-state index in [0.717, 1.165) is 19.4 Å². The lowest BCUT2D eigenvalue weighted by atomic mass is 10.1. The van der Waals surface area contributed by atoms with Crippen LogP contribution in [-0.2, 0) is 14.3 Å². The van der Waals surface area contributed by atoms with E-state index in [-0.39, 0.29) is 18.1 Å². The van der Waals surface area contributed by atoms with Gasteiger partial charge in [0.2, 0.25) is 0 Å². The van der Waals surface area contributed by atoms with Gasteiger partial charge in [-0.1, -0.05) is 20.8 Å². The molecule has 2 atom stereocenters. The molecular weight excluding hydrogens is 230 g/mol. The van der Waals surface area contributed by atoms with Gasteiger partial charge in [-0.3, -0.25) is 4.79 Å². The SMILES string of the molecule is CCCNC(CCOC(C)CC(C)C)C(=O)OC. The molecular formula is C14H29NO3. The fraction of sp³-hybridized carbons (Fsp3) is 0.929. The summed E-state index contributed by atoms with van der Waals surface area (Å²) in [6.45, 7) is 9.92. The van der Waals surface area contributed by atoms with E-state index in [2.05, 4.69) is 33.0 Å². The van der Waals surface area contributed by atoms with E-state index in [1.807, 2.05) is 0 Å². The molecule has 0 aliphatic carbocycles. The van der Waals surface area contributed by atoms with Crippen molar-refractivity contribution < 1.29 is 14.3 Å². The van der Waals surface area contributed by atoms with E-state index in [0.29, 0.717) is 18.9 Å². The maximum atomic E-state index is 11.5. The number of methoxy groups -OCH3 is 1. The van der Waals surface area contributed by atoms with Gasteiger partial charge in [0.05, 0.1) is 13.2 Å². The Hall–Kier alpha value is -0.610. The summed E-state index contributed by atoms with van der Waals surface area (Å²) in [6, 6.07) is -0.249. The third kappa shape index (κ3) is 8.48. The van der Waals surface area contributed by atoms with E-state index in [1.54, 1.807) is 0 Å². The normalized spacial score (nSPS) is 14.6. The van der Waals surface area contributed by atoms with Crippen LogP contribution in [0.25, 0.3) is 0 Å². The minimum Gasteiger partial charge on any atom is -0.468 e. The first kappa shape index (κ1) is 17.4. The van der Waals surface area contributed by atoms with Gasteiger partial charge in [0.15, 0.2) is 0 Å². The molecule has 0 saturated heterocycles. The Balaban J connectivity index is 3.91. The van der Waals surface area contributed by atoms with E-state index in [4.69, 9.17) is 9.47 Å². The van der Waals surface area contributed by atoms with Crippen LogP contribution in [0.1, 0.15) is 47.0 Å². The van der Waals surface area contributed by atoms with Crippen molar-refractivity contribution in [3.63, 3.8) is 0 Å². The molecule has 0 rings (SSSR count). The highest BCUT2D eigenvalue weighted by Crippen LogP contribution is 2.08. The first-order valence-electron chi connectivity index (χ1n) is 6.94. The number of ether oxygens (including phenoxy) is 2. The van der Waals surface area contributed by atoms with Crippen LogP contribution >= 0.6 is 0 Å². The number of rotatable bonds is 10. The van der Waals surface area contributed by atoms with Crippen molar-refractivity contribution in [3.8, 4) is 0 Å². The quantitative estimate of drug-likeness (QED) is 0.612. The van der Waals surface area contributed by atoms with Crippen LogP contribution in [0, 0.1) is 5.92 Å². The second kappa shape index (κ2) is 10.3. The molecule has 0 aromatic carbocycles. The number of carbonyl (C=O) groups is 1. The summed E-state index contributed by atoms with van der Waals surface area (Å²) in [7, 11) is 1.42. The van der Waals surface area contributed by atoms with Gasteiger partial charge in [-0.05, 0) is 38.6 Å². The Bertz CT molecular complexity index is 219. The standard InChI is InChI=1S/C14H29NO3/c1-6-8-15-13(14(16)17-5)7-9-18-12(4)10-11(2)3/h11-13,15H,6-10H2,1-5H3. The van der Waals surface area contributed by atoms with Crippen molar-refractivity contribution in [2.45, 2.75) is 59.1 Å². The van der Waals surface area contributed by atoms with Crippen LogP contribution in [0.5, 0.6) is 0 Å². The number of hydrogen-bond donors (Lipinski definition) is 1. The molecule has 0 heterocycles.